The summed E-state index contributed by atoms with van der Waals surface area (Å²) in [5, 5.41) is 12.1. The van der Waals surface area contributed by atoms with Crippen LogP contribution in [0, 0.1) is 0 Å². The van der Waals surface area contributed by atoms with E-state index in [1.165, 1.54) is 11.8 Å². The SMILES string of the molecule is COc1ccc(CCNC(=O)CSc2ccc(-c3ccccc3OC)nn2)cc1. The van der Waals surface area contributed by atoms with Gasteiger partial charge in [-0.05, 0) is 48.4 Å². The van der Waals surface area contributed by atoms with Gasteiger partial charge in [0.05, 0.1) is 25.7 Å². The first kappa shape index (κ1) is 20.7. The van der Waals surface area contributed by atoms with E-state index in [2.05, 4.69) is 15.5 Å². The van der Waals surface area contributed by atoms with Crippen molar-refractivity contribution in [2.45, 2.75) is 11.4 Å². The van der Waals surface area contributed by atoms with E-state index >= 15 is 0 Å². The van der Waals surface area contributed by atoms with Gasteiger partial charge in [-0.25, -0.2) is 0 Å². The molecule has 1 amide bonds. The second-order valence-corrected chi connectivity index (χ2v) is 7.19. The van der Waals surface area contributed by atoms with Gasteiger partial charge < -0.3 is 14.8 Å². The van der Waals surface area contributed by atoms with Gasteiger partial charge in [-0.15, -0.1) is 10.2 Å². The Morgan fingerprint density at radius 1 is 0.966 bits per heavy atom. The number of amides is 1. The van der Waals surface area contributed by atoms with Crippen LogP contribution in [0.4, 0.5) is 0 Å². The Balaban J connectivity index is 1.45. The molecular weight excluding hydrogens is 386 g/mol. The lowest BCUT2D eigenvalue weighted by molar-refractivity contribution is -0.118. The number of methoxy groups -OCH3 is 2. The van der Waals surface area contributed by atoms with E-state index in [0.717, 1.165) is 34.7 Å². The Hall–Kier alpha value is -3.06. The number of hydrogen-bond acceptors (Lipinski definition) is 6. The maximum Gasteiger partial charge on any atom is 0.230 e. The van der Waals surface area contributed by atoms with Crippen molar-refractivity contribution in [3.05, 3.63) is 66.2 Å². The molecule has 1 heterocycles. The fraction of sp³-hybridized carbons (Fsp3) is 0.227. The first-order chi connectivity index (χ1) is 14.2. The first-order valence-electron chi connectivity index (χ1n) is 9.19. The van der Waals surface area contributed by atoms with Crippen LogP contribution >= 0.6 is 11.8 Å². The van der Waals surface area contributed by atoms with E-state index in [9.17, 15) is 4.79 Å². The minimum atomic E-state index is -0.0286. The maximum absolute atomic E-state index is 12.1. The Bertz CT molecular complexity index is 931. The van der Waals surface area contributed by atoms with Gasteiger partial charge in [-0.2, -0.15) is 0 Å². The van der Waals surface area contributed by atoms with Crippen LogP contribution in [0.25, 0.3) is 11.3 Å². The molecule has 2 aromatic carbocycles. The molecule has 3 aromatic rings. The highest BCUT2D eigenvalue weighted by Gasteiger charge is 2.08. The topological polar surface area (TPSA) is 73.3 Å². The molecule has 7 heteroatoms. The number of aromatic nitrogens is 2. The molecule has 3 rings (SSSR count). The van der Waals surface area contributed by atoms with Gasteiger partial charge in [0, 0.05) is 12.1 Å². The van der Waals surface area contributed by atoms with E-state index in [-0.39, 0.29) is 5.91 Å². The number of carbonyl (C=O) groups excluding carboxylic acids is 1. The molecule has 0 aliphatic heterocycles. The lowest BCUT2D eigenvalue weighted by Gasteiger charge is -2.08. The van der Waals surface area contributed by atoms with E-state index in [4.69, 9.17) is 9.47 Å². The van der Waals surface area contributed by atoms with Crippen molar-refractivity contribution >= 4 is 17.7 Å². The first-order valence-corrected chi connectivity index (χ1v) is 10.2. The summed E-state index contributed by atoms with van der Waals surface area (Å²) in [6.45, 7) is 0.587. The standard InChI is InChI=1S/C22H23N3O3S/c1-27-17-9-7-16(8-10-17)13-14-23-21(26)15-29-22-12-11-19(24-25-22)18-5-3-4-6-20(18)28-2/h3-12H,13-15H2,1-2H3,(H,23,26). The zero-order chi connectivity index (χ0) is 20.5. The van der Waals surface area contributed by atoms with Crippen LogP contribution in [0.15, 0.2) is 65.7 Å². The molecule has 0 spiro atoms. The van der Waals surface area contributed by atoms with Gasteiger partial charge in [0.15, 0.2) is 0 Å². The molecule has 0 saturated carbocycles. The summed E-state index contributed by atoms with van der Waals surface area (Å²) in [6.07, 6.45) is 0.772. The summed E-state index contributed by atoms with van der Waals surface area (Å²) in [5.41, 5.74) is 2.77. The van der Waals surface area contributed by atoms with Gasteiger partial charge in [0.2, 0.25) is 5.91 Å². The number of thioether (sulfide) groups is 1. The largest absolute Gasteiger partial charge is 0.497 e. The van der Waals surface area contributed by atoms with E-state index in [1.54, 1.807) is 14.2 Å². The maximum atomic E-state index is 12.1. The van der Waals surface area contributed by atoms with Crippen molar-refractivity contribution in [1.29, 1.82) is 0 Å². The zero-order valence-electron chi connectivity index (χ0n) is 16.4. The number of para-hydroxylation sites is 1. The highest BCUT2D eigenvalue weighted by Crippen LogP contribution is 2.28. The third kappa shape index (κ3) is 5.96. The second-order valence-electron chi connectivity index (χ2n) is 6.19. The van der Waals surface area contributed by atoms with Crippen LogP contribution in [-0.2, 0) is 11.2 Å². The van der Waals surface area contributed by atoms with Crippen molar-refractivity contribution in [3.8, 4) is 22.8 Å². The van der Waals surface area contributed by atoms with Crippen LogP contribution < -0.4 is 14.8 Å². The smallest absolute Gasteiger partial charge is 0.230 e. The van der Waals surface area contributed by atoms with E-state index in [1.807, 2.05) is 60.7 Å². The number of hydrogen-bond donors (Lipinski definition) is 1. The molecule has 0 bridgehead atoms. The monoisotopic (exact) mass is 409 g/mol. The highest BCUT2D eigenvalue weighted by atomic mass is 32.2. The van der Waals surface area contributed by atoms with Crippen molar-refractivity contribution in [1.82, 2.24) is 15.5 Å². The molecule has 0 aliphatic rings. The van der Waals surface area contributed by atoms with Crippen LogP contribution in [0.3, 0.4) is 0 Å². The summed E-state index contributed by atoms with van der Waals surface area (Å²) in [5.74, 6) is 1.84. The fourth-order valence-corrected chi connectivity index (χ4v) is 3.37. The summed E-state index contributed by atoms with van der Waals surface area (Å²) < 4.78 is 10.5. The van der Waals surface area contributed by atoms with E-state index in [0.29, 0.717) is 17.3 Å². The van der Waals surface area contributed by atoms with Gasteiger partial charge in [-0.3, -0.25) is 4.79 Å². The van der Waals surface area contributed by atoms with Gasteiger partial charge >= 0.3 is 0 Å². The van der Waals surface area contributed by atoms with Crippen LogP contribution in [0.5, 0.6) is 11.5 Å². The summed E-state index contributed by atoms with van der Waals surface area (Å²) in [6, 6.07) is 19.2. The Kier molecular flexibility index (Phi) is 7.47. The lowest BCUT2D eigenvalue weighted by Crippen LogP contribution is -2.27. The average Bonchev–Trinajstić information content (AvgIpc) is 2.78. The molecule has 0 atom stereocenters. The Morgan fingerprint density at radius 3 is 2.45 bits per heavy atom. The number of carbonyl (C=O) groups is 1. The van der Waals surface area contributed by atoms with Crippen LogP contribution in [-0.4, -0.2) is 42.6 Å². The third-order valence-corrected chi connectivity index (χ3v) is 5.19. The van der Waals surface area contributed by atoms with Gasteiger partial charge in [0.1, 0.15) is 16.5 Å². The van der Waals surface area contributed by atoms with Crippen molar-refractivity contribution in [2.75, 3.05) is 26.5 Å². The summed E-state index contributed by atoms with van der Waals surface area (Å²) in [7, 11) is 3.27. The fourth-order valence-electron chi connectivity index (χ4n) is 2.73. The molecule has 0 radical (unpaired) electrons. The van der Waals surface area contributed by atoms with Crippen molar-refractivity contribution in [3.63, 3.8) is 0 Å². The second kappa shape index (κ2) is 10.5. The molecular formula is C22H23N3O3S. The minimum absolute atomic E-state index is 0.0286. The quantitative estimate of drug-likeness (QED) is 0.544. The molecule has 0 saturated heterocycles. The van der Waals surface area contributed by atoms with Gasteiger partial charge in [0.25, 0.3) is 0 Å². The number of benzene rings is 2. The number of ether oxygens (including phenoxy) is 2. The average molecular weight is 410 g/mol. The van der Waals surface area contributed by atoms with Crippen LogP contribution in [0.2, 0.25) is 0 Å². The zero-order valence-corrected chi connectivity index (χ0v) is 17.2. The Labute approximate surface area is 174 Å². The third-order valence-electron chi connectivity index (χ3n) is 4.27. The van der Waals surface area contributed by atoms with Crippen LogP contribution in [0.1, 0.15) is 5.56 Å². The van der Waals surface area contributed by atoms with Crippen molar-refractivity contribution in [2.24, 2.45) is 0 Å². The number of rotatable bonds is 9. The van der Waals surface area contributed by atoms with Crippen molar-refractivity contribution < 1.29 is 14.3 Å². The van der Waals surface area contributed by atoms with E-state index < -0.39 is 0 Å². The number of nitrogens with zero attached hydrogens (tertiary/aromatic N) is 2. The molecule has 1 N–H and O–H groups in total. The molecule has 1 aromatic heterocycles. The molecule has 0 aliphatic carbocycles. The minimum Gasteiger partial charge on any atom is -0.497 e. The van der Waals surface area contributed by atoms with Gasteiger partial charge in [-0.1, -0.05) is 36.0 Å². The molecule has 150 valence electrons. The summed E-state index contributed by atoms with van der Waals surface area (Å²) in [4.78, 5) is 12.1. The normalized spacial score (nSPS) is 10.4. The predicted octanol–water partition coefficient (Wildman–Crippen LogP) is 3.61. The highest BCUT2D eigenvalue weighted by molar-refractivity contribution is 7.99. The molecule has 6 nitrogen and oxygen atoms in total. The summed E-state index contributed by atoms with van der Waals surface area (Å²) >= 11 is 1.36. The number of nitrogens with one attached hydrogen (secondary N) is 1. The lowest BCUT2D eigenvalue weighted by atomic mass is 10.1. The molecule has 0 unspecified atom stereocenters. The molecule has 0 fully saturated rings. The molecule has 29 heavy (non-hydrogen) atoms. The Morgan fingerprint density at radius 2 is 1.76 bits per heavy atom. The predicted molar refractivity (Wildman–Crippen MR) is 114 cm³/mol.